The topological polar surface area (TPSA) is 46.4 Å². The van der Waals surface area contributed by atoms with Crippen LogP contribution in [0.5, 0.6) is 0 Å². The van der Waals surface area contributed by atoms with E-state index in [2.05, 4.69) is 10.3 Å². The highest BCUT2D eigenvalue weighted by Crippen LogP contribution is 2.16. The Morgan fingerprint density at radius 1 is 1.40 bits per heavy atom. The third kappa shape index (κ3) is 2.42. The van der Waals surface area contributed by atoms with Crippen molar-refractivity contribution in [3.05, 3.63) is 63.3 Å². The Balaban J connectivity index is 1.84. The molecule has 4 nitrogen and oxygen atoms in total. The van der Waals surface area contributed by atoms with Crippen molar-refractivity contribution in [2.75, 3.05) is 5.32 Å². The van der Waals surface area contributed by atoms with Crippen molar-refractivity contribution < 1.29 is 4.39 Å². The van der Waals surface area contributed by atoms with Gasteiger partial charge in [-0.2, -0.15) is 0 Å². The van der Waals surface area contributed by atoms with E-state index in [0.29, 0.717) is 22.9 Å². The van der Waals surface area contributed by atoms with Crippen LogP contribution in [0, 0.1) is 12.7 Å². The van der Waals surface area contributed by atoms with Crippen molar-refractivity contribution in [2.24, 2.45) is 0 Å². The van der Waals surface area contributed by atoms with Crippen LogP contribution >= 0.6 is 11.3 Å². The second-order valence-corrected chi connectivity index (χ2v) is 5.35. The Morgan fingerprint density at radius 2 is 2.25 bits per heavy atom. The number of fused-ring (bicyclic) bond motifs is 1. The lowest BCUT2D eigenvalue weighted by Gasteiger charge is -2.07. The van der Waals surface area contributed by atoms with E-state index in [4.69, 9.17) is 0 Å². The standard InChI is InChI=1S/C14H12FN3OS/c1-9-2-3-12(11(15)6-9)16-8-10-7-13(19)18-4-5-20-14(18)17-10/h2-7,16H,8H2,1H3. The smallest absolute Gasteiger partial charge is 0.258 e. The molecule has 0 atom stereocenters. The van der Waals surface area contributed by atoms with Gasteiger partial charge in [0.05, 0.1) is 17.9 Å². The Morgan fingerprint density at radius 3 is 3.05 bits per heavy atom. The van der Waals surface area contributed by atoms with Crippen molar-refractivity contribution in [1.82, 2.24) is 9.38 Å². The molecule has 1 N–H and O–H groups in total. The molecule has 0 unspecified atom stereocenters. The van der Waals surface area contributed by atoms with Crippen LogP contribution in [0.2, 0.25) is 0 Å². The molecule has 0 aliphatic rings. The first kappa shape index (κ1) is 12.8. The maximum atomic E-state index is 13.7. The molecular weight excluding hydrogens is 277 g/mol. The Labute approximate surface area is 118 Å². The van der Waals surface area contributed by atoms with Gasteiger partial charge in [-0.25, -0.2) is 9.37 Å². The Bertz CT molecular complexity index is 825. The number of nitrogens with zero attached hydrogens (tertiary/aromatic N) is 2. The second-order valence-electron chi connectivity index (χ2n) is 4.48. The third-order valence-corrected chi connectivity index (χ3v) is 3.70. The summed E-state index contributed by atoms with van der Waals surface area (Å²) in [5.41, 5.74) is 1.74. The quantitative estimate of drug-likeness (QED) is 0.806. The number of aryl methyl sites for hydroxylation is 1. The molecule has 0 fully saturated rings. The van der Waals surface area contributed by atoms with Crippen LogP contribution in [0.4, 0.5) is 10.1 Å². The minimum atomic E-state index is -0.307. The summed E-state index contributed by atoms with van der Waals surface area (Å²) < 4.78 is 15.2. The van der Waals surface area contributed by atoms with Crippen LogP contribution < -0.4 is 10.9 Å². The monoisotopic (exact) mass is 289 g/mol. The van der Waals surface area contributed by atoms with E-state index in [0.717, 1.165) is 5.56 Å². The van der Waals surface area contributed by atoms with Gasteiger partial charge >= 0.3 is 0 Å². The van der Waals surface area contributed by atoms with Crippen molar-refractivity contribution in [3.8, 4) is 0 Å². The summed E-state index contributed by atoms with van der Waals surface area (Å²) in [6, 6.07) is 6.43. The molecule has 0 radical (unpaired) electrons. The van der Waals surface area contributed by atoms with Crippen molar-refractivity contribution in [2.45, 2.75) is 13.5 Å². The predicted octanol–water partition coefficient (Wildman–Crippen LogP) is 2.82. The fraction of sp³-hybridized carbons (Fsp3) is 0.143. The van der Waals surface area contributed by atoms with E-state index >= 15 is 0 Å². The fourth-order valence-electron chi connectivity index (χ4n) is 1.93. The van der Waals surface area contributed by atoms with Crippen LogP contribution in [0.15, 0.2) is 40.6 Å². The van der Waals surface area contributed by atoms with E-state index in [1.54, 1.807) is 17.6 Å². The number of thiazole rings is 1. The molecular formula is C14H12FN3OS. The fourth-order valence-corrected chi connectivity index (χ4v) is 2.67. The van der Waals surface area contributed by atoms with E-state index < -0.39 is 0 Å². The molecule has 20 heavy (non-hydrogen) atoms. The van der Waals surface area contributed by atoms with Crippen molar-refractivity contribution in [3.63, 3.8) is 0 Å². The number of halogens is 1. The molecule has 3 rings (SSSR count). The molecule has 2 heterocycles. The van der Waals surface area contributed by atoms with Crippen molar-refractivity contribution in [1.29, 1.82) is 0 Å². The number of aromatic nitrogens is 2. The summed E-state index contributed by atoms with van der Waals surface area (Å²) in [4.78, 5) is 16.8. The number of rotatable bonds is 3. The molecule has 0 aliphatic heterocycles. The van der Waals surface area contributed by atoms with Crippen LogP contribution in [-0.4, -0.2) is 9.38 Å². The average molecular weight is 289 g/mol. The van der Waals surface area contributed by atoms with Gasteiger partial charge in [-0.05, 0) is 24.6 Å². The van der Waals surface area contributed by atoms with Gasteiger partial charge in [0.1, 0.15) is 5.82 Å². The van der Waals surface area contributed by atoms with Gasteiger partial charge in [0.2, 0.25) is 0 Å². The SMILES string of the molecule is Cc1ccc(NCc2cc(=O)n3ccsc3n2)c(F)c1. The molecule has 0 aliphatic carbocycles. The number of anilines is 1. The second kappa shape index (κ2) is 5.05. The van der Waals surface area contributed by atoms with Gasteiger partial charge in [-0.3, -0.25) is 9.20 Å². The zero-order valence-electron chi connectivity index (χ0n) is 10.8. The molecule has 6 heteroatoms. The van der Waals surface area contributed by atoms with Crippen LogP contribution in [-0.2, 0) is 6.54 Å². The van der Waals surface area contributed by atoms with E-state index in [1.165, 1.54) is 27.9 Å². The van der Waals surface area contributed by atoms with E-state index in [1.807, 2.05) is 13.0 Å². The normalized spacial score (nSPS) is 10.9. The first-order valence-electron chi connectivity index (χ1n) is 6.09. The summed E-state index contributed by atoms with van der Waals surface area (Å²) in [5.74, 6) is -0.307. The average Bonchev–Trinajstić information content (AvgIpc) is 2.86. The Hall–Kier alpha value is -2.21. The van der Waals surface area contributed by atoms with Crippen LogP contribution in [0.25, 0.3) is 4.96 Å². The van der Waals surface area contributed by atoms with Gasteiger partial charge < -0.3 is 5.32 Å². The first-order valence-corrected chi connectivity index (χ1v) is 6.97. The number of nitrogens with one attached hydrogen (secondary N) is 1. The van der Waals surface area contributed by atoms with Crippen LogP contribution in [0.3, 0.4) is 0 Å². The summed E-state index contributed by atoms with van der Waals surface area (Å²) in [7, 11) is 0. The van der Waals surface area contributed by atoms with Gasteiger partial charge in [0, 0.05) is 17.6 Å². The molecule has 3 aromatic rings. The number of hydrogen-bond donors (Lipinski definition) is 1. The molecule has 0 saturated carbocycles. The minimum Gasteiger partial charge on any atom is -0.377 e. The van der Waals surface area contributed by atoms with Gasteiger partial charge in [-0.1, -0.05) is 6.07 Å². The largest absolute Gasteiger partial charge is 0.377 e. The highest BCUT2D eigenvalue weighted by atomic mass is 32.1. The molecule has 2 aromatic heterocycles. The van der Waals surface area contributed by atoms with Gasteiger partial charge in [0.15, 0.2) is 4.96 Å². The maximum Gasteiger partial charge on any atom is 0.258 e. The summed E-state index contributed by atoms with van der Waals surface area (Å²) in [6.45, 7) is 2.14. The lowest BCUT2D eigenvalue weighted by atomic mass is 10.2. The lowest BCUT2D eigenvalue weighted by molar-refractivity contribution is 0.629. The summed E-state index contributed by atoms with van der Waals surface area (Å²) in [6.07, 6.45) is 1.69. The molecule has 0 spiro atoms. The first-order chi connectivity index (χ1) is 9.63. The summed E-state index contributed by atoms with van der Waals surface area (Å²) >= 11 is 1.39. The Kier molecular flexibility index (Phi) is 3.23. The van der Waals surface area contributed by atoms with E-state index in [9.17, 15) is 9.18 Å². The zero-order valence-corrected chi connectivity index (χ0v) is 11.6. The van der Waals surface area contributed by atoms with Gasteiger partial charge in [0.25, 0.3) is 5.56 Å². The molecule has 102 valence electrons. The molecule has 0 saturated heterocycles. The number of benzene rings is 1. The zero-order chi connectivity index (χ0) is 14.1. The third-order valence-electron chi connectivity index (χ3n) is 2.94. The van der Waals surface area contributed by atoms with Crippen molar-refractivity contribution >= 4 is 22.0 Å². The van der Waals surface area contributed by atoms with Crippen LogP contribution in [0.1, 0.15) is 11.3 Å². The minimum absolute atomic E-state index is 0.127. The molecule has 1 aromatic carbocycles. The molecule has 0 amide bonds. The predicted molar refractivity (Wildman–Crippen MR) is 77.8 cm³/mol. The van der Waals surface area contributed by atoms with E-state index in [-0.39, 0.29) is 11.4 Å². The summed E-state index contributed by atoms with van der Waals surface area (Å²) in [5, 5.41) is 4.77. The lowest BCUT2D eigenvalue weighted by Crippen LogP contribution is -2.14. The highest BCUT2D eigenvalue weighted by Gasteiger charge is 2.05. The maximum absolute atomic E-state index is 13.7. The van der Waals surface area contributed by atoms with Gasteiger partial charge in [-0.15, -0.1) is 11.3 Å². The number of hydrogen-bond acceptors (Lipinski definition) is 4. The molecule has 0 bridgehead atoms. The highest BCUT2D eigenvalue weighted by molar-refractivity contribution is 7.15.